The van der Waals surface area contributed by atoms with Gasteiger partial charge in [-0.05, 0) is 30.9 Å². The summed E-state index contributed by atoms with van der Waals surface area (Å²) in [6, 6.07) is 7.88. The Labute approximate surface area is 133 Å². The van der Waals surface area contributed by atoms with Gasteiger partial charge in [0.05, 0.1) is 0 Å². The maximum Gasteiger partial charge on any atom is 0.260 e. The molecule has 0 bridgehead atoms. The molecule has 0 aromatic heterocycles. The summed E-state index contributed by atoms with van der Waals surface area (Å²) in [5.41, 5.74) is 7.23. The highest BCUT2D eigenvalue weighted by Crippen LogP contribution is 2.27. The fourth-order valence-electron chi connectivity index (χ4n) is 2.46. The highest BCUT2D eigenvalue weighted by molar-refractivity contribution is 5.85. The minimum atomic E-state index is -0.0300. The molecule has 4 nitrogen and oxygen atoms in total. The number of piperidine rings is 1. The number of halogens is 1. The van der Waals surface area contributed by atoms with Crippen LogP contribution in [-0.2, 0) is 4.79 Å². The Kier molecular flexibility index (Phi) is 6.05. The molecule has 1 atom stereocenters. The maximum absolute atomic E-state index is 12.2. The van der Waals surface area contributed by atoms with E-state index < -0.39 is 0 Å². The van der Waals surface area contributed by atoms with Crippen molar-refractivity contribution in [2.75, 3.05) is 19.7 Å². The summed E-state index contributed by atoms with van der Waals surface area (Å²) >= 11 is 0. The molecule has 1 aliphatic rings. The summed E-state index contributed by atoms with van der Waals surface area (Å²) in [5.74, 6) is 0.766. The zero-order valence-electron chi connectivity index (χ0n) is 13.0. The van der Waals surface area contributed by atoms with E-state index >= 15 is 0 Å². The van der Waals surface area contributed by atoms with Crippen LogP contribution in [0.3, 0.4) is 0 Å². The number of amides is 1. The smallest absolute Gasteiger partial charge is 0.260 e. The third kappa shape index (κ3) is 4.61. The van der Waals surface area contributed by atoms with Crippen molar-refractivity contribution in [3.63, 3.8) is 0 Å². The quantitative estimate of drug-likeness (QED) is 0.932. The standard InChI is InChI=1S/C16H24N2O2.ClH/c1-12-4-6-13(7-5-12)20-10-15(19)18-9-8-14(17)16(2,3)11-18;/h4-7,14H,8-11,17H2,1-3H3;1H. The van der Waals surface area contributed by atoms with Gasteiger partial charge in [-0.3, -0.25) is 4.79 Å². The van der Waals surface area contributed by atoms with Gasteiger partial charge in [0, 0.05) is 19.1 Å². The second-order valence-electron chi connectivity index (χ2n) is 6.30. The first kappa shape index (κ1) is 17.8. The number of rotatable bonds is 3. The van der Waals surface area contributed by atoms with Crippen LogP contribution in [-0.4, -0.2) is 36.5 Å². The molecule has 0 aliphatic carbocycles. The Morgan fingerprint density at radius 3 is 2.57 bits per heavy atom. The van der Waals surface area contributed by atoms with E-state index in [1.807, 2.05) is 36.1 Å². The van der Waals surface area contributed by atoms with Crippen LogP contribution in [0.15, 0.2) is 24.3 Å². The molecule has 2 N–H and O–H groups in total. The number of nitrogens with two attached hydrogens (primary N) is 1. The third-order valence-electron chi connectivity index (χ3n) is 4.05. The Balaban J connectivity index is 0.00000220. The van der Waals surface area contributed by atoms with Crippen LogP contribution in [0.25, 0.3) is 0 Å². The molecule has 1 unspecified atom stereocenters. The second kappa shape index (κ2) is 7.14. The topological polar surface area (TPSA) is 55.6 Å². The van der Waals surface area contributed by atoms with Crippen LogP contribution < -0.4 is 10.5 Å². The van der Waals surface area contributed by atoms with Crippen molar-refractivity contribution in [1.82, 2.24) is 4.90 Å². The number of carbonyl (C=O) groups excluding carboxylic acids is 1. The molecule has 1 heterocycles. The van der Waals surface area contributed by atoms with E-state index in [4.69, 9.17) is 10.5 Å². The molecule has 1 aliphatic heterocycles. The predicted octanol–water partition coefficient (Wildman–Crippen LogP) is 2.38. The molecule has 21 heavy (non-hydrogen) atoms. The summed E-state index contributed by atoms with van der Waals surface area (Å²) in [4.78, 5) is 14.1. The monoisotopic (exact) mass is 312 g/mol. The lowest BCUT2D eigenvalue weighted by molar-refractivity contribution is -0.136. The van der Waals surface area contributed by atoms with Crippen LogP contribution in [0.5, 0.6) is 5.75 Å². The molecule has 1 fully saturated rings. The van der Waals surface area contributed by atoms with E-state index in [9.17, 15) is 4.79 Å². The summed E-state index contributed by atoms with van der Waals surface area (Å²) in [6.07, 6.45) is 0.850. The molecule has 5 heteroatoms. The molecular weight excluding hydrogens is 288 g/mol. The van der Waals surface area contributed by atoms with Crippen LogP contribution in [0.2, 0.25) is 0 Å². The highest BCUT2D eigenvalue weighted by Gasteiger charge is 2.35. The van der Waals surface area contributed by atoms with Gasteiger partial charge in [-0.2, -0.15) is 0 Å². The van der Waals surface area contributed by atoms with Gasteiger partial charge in [-0.1, -0.05) is 31.5 Å². The van der Waals surface area contributed by atoms with Crippen LogP contribution in [0.1, 0.15) is 25.8 Å². The zero-order chi connectivity index (χ0) is 14.8. The van der Waals surface area contributed by atoms with E-state index in [-0.39, 0.29) is 36.4 Å². The third-order valence-corrected chi connectivity index (χ3v) is 4.05. The van der Waals surface area contributed by atoms with Gasteiger partial charge in [0.25, 0.3) is 5.91 Å². The van der Waals surface area contributed by atoms with E-state index in [1.54, 1.807) is 0 Å². The lowest BCUT2D eigenvalue weighted by Crippen LogP contribution is -2.54. The Morgan fingerprint density at radius 2 is 2.00 bits per heavy atom. The highest BCUT2D eigenvalue weighted by atomic mass is 35.5. The number of benzene rings is 1. The SMILES string of the molecule is Cc1ccc(OCC(=O)N2CCC(N)C(C)(C)C2)cc1.Cl. The van der Waals surface area contributed by atoms with Crippen molar-refractivity contribution in [2.45, 2.75) is 33.2 Å². The summed E-state index contributed by atoms with van der Waals surface area (Å²) < 4.78 is 5.55. The number of hydrogen-bond acceptors (Lipinski definition) is 3. The summed E-state index contributed by atoms with van der Waals surface area (Å²) in [7, 11) is 0. The molecule has 0 radical (unpaired) electrons. The summed E-state index contributed by atoms with van der Waals surface area (Å²) in [6.45, 7) is 7.75. The minimum absolute atomic E-state index is 0. The van der Waals surface area contributed by atoms with E-state index in [2.05, 4.69) is 13.8 Å². The van der Waals surface area contributed by atoms with Crippen molar-refractivity contribution in [3.05, 3.63) is 29.8 Å². The number of carbonyl (C=O) groups is 1. The van der Waals surface area contributed by atoms with Crippen molar-refractivity contribution >= 4 is 18.3 Å². The van der Waals surface area contributed by atoms with Crippen molar-refractivity contribution in [2.24, 2.45) is 11.1 Å². The zero-order valence-corrected chi connectivity index (χ0v) is 13.8. The lowest BCUT2D eigenvalue weighted by Gasteiger charge is -2.42. The molecule has 0 spiro atoms. The predicted molar refractivity (Wildman–Crippen MR) is 86.9 cm³/mol. The van der Waals surface area contributed by atoms with E-state index in [1.165, 1.54) is 5.56 Å². The maximum atomic E-state index is 12.2. The Hall–Kier alpha value is -1.26. The van der Waals surface area contributed by atoms with Crippen molar-refractivity contribution in [3.8, 4) is 5.75 Å². The second-order valence-corrected chi connectivity index (χ2v) is 6.30. The number of aryl methyl sites for hydroxylation is 1. The first-order valence-electron chi connectivity index (χ1n) is 7.11. The average Bonchev–Trinajstić information content (AvgIpc) is 2.41. The van der Waals surface area contributed by atoms with Gasteiger partial charge in [0.2, 0.25) is 0 Å². The van der Waals surface area contributed by atoms with Gasteiger partial charge in [-0.25, -0.2) is 0 Å². The van der Waals surface area contributed by atoms with Crippen LogP contribution in [0.4, 0.5) is 0 Å². The van der Waals surface area contributed by atoms with E-state index in [0.717, 1.165) is 18.7 Å². The van der Waals surface area contributed by atoms with Gasteiger partial charge in [0.15, 0.2) is 6.61 Å². The molecule has 0 saturated carbocycles. The Bertz CT molecular complexity index is 474. The molecular formula is C16H25ClN2O2. The molecule has 118 valence electrons. The van der Waals surface area contributed by atoms with E-state index in [0.29, 0.717) is 6.54 Å². The molecule has 1 amide bonds. The molecule has 2 rings (SSSR count). The average molecular weight is 313 g/mol. The van der Waals surface area contributed by atoms with Crippen LogP contribution in [0, 0.1) is 12.3 Å². The van der Waals surface area contributed by atoms with Gasteiger partial charge in [0.1, 0.15) is 5.75 Å². The minimum Gasteiger partial charge on any atom is -0.484 e. The van der Waals surface area contributed by atoms with Crippen molar-refractivity contribution < 1.29 is 9.53 Å². The molecule has 1 aromatic carbocycles. The molecule has 1 saturated heterocycles. The lowest BCUT2D eigenvalue weighted by atomic mass is 9.80. The van der Waals surface area contributed by atoms with Gasteiger partial charge >= 0.3 is 0 Å². The first-order chi connectivity index (χ1) is 9.38. The fourth-order valence-corrected chi connectivity index (χ4v) is 2.46. The van der Waals surface area contributed by atoms with Gasteiger partial charge < -0.3 is 15.4 Å². The molecule has 1 aromatic rings. The number of likely N-dealkylation sites (tertiary alicyclic amines) is 1. The van der Waals surface area contributed by atoms with Crippen molar-refractivity contribution in [1.29, 1.82) is 0 Å². The fraction of sp³-hybridized carbons (Fsp3) is 0.562. The largest absolute Gasteiger partial charge is 0.484 e. The number of nitrogens with zero attached hydrogens (tertiary/aromatic N) is 1. The van der Waals surface area contributed by atoms with Gasteiger partial charge in [-0.15, -0.1) is 12.4 Å². The normalized spacial score (nSPS) is 20.6. The summed E-state index contributed by atoms with van der Waals surface area (Å²) in [5, 5.41) is 0. The Morgan fingerprint density at radius 1 is 1.38 bits per heavy atom. The first-order valence-corrected chi connectivity index (χ1v) is 7.11. The van der Waals surface area contributed by atoms with Crippen LogP contribution >= 0.6 is 12.4 Å². The number of ether oxygens (including phenoxy) is 1. The number of hydrogen-bond donors (Lipinski definition) is 1.